The second-order valence-electron chi connectivity index (χ2n) is 6.12. The van der Waals surface area contributed by atoms with Crippen LogP contribution in [0.3, 0.4) is 0 Å². The van der Waals surface area contributed by atoms with E-state index in [9.17, 15) is 26.4 Å². The number of amides is 1. The number of fused-ring (bicyclic) bond motifs is 1. The summed E-state index contributed by atoms with van der Waals surface area (Å²) in [6, 6.07) is 8.66. The Morgan fingerprint density at radius 1 is 1.07 bits per heavy atom. The van der Waals surface area contributed by atoms with Gasteiger partial charge in [0.2, 0.25) is 0 Å². The average molecular weight is 453 g/mol. The van der Waals surface area contributed by atoms with Crippen LogP contribution in [0, 0.1) is 0 Å². The SMILES string of the molecule is O=C1c2c(ccc(Cl)c2Cl)CCN1Cc1ccc(NS(=O)(=O)C(F)(F)F)cc1. The van der Waals surface area contributed by atoms with Gasteiger partial charge in [-0.25, -0.2) is 0 Å². The molecule has 3 rings (SSSR count). The third-order valence-corrected chi connectivity index (χ3v) is 6.14. The van der Waals surface area contributed by atoms with Gasteiger partial charge in [-0.2, -0.15) is 21.6 Å². The average Bonchev–Trinajstić information content (AvgIpc) is 2.61. The molecule has 5 nitrogen and oxygen atoms in total. The molecule has 2 aromatic rings. The van der Waals surface area contributed by atoms with Crippen molar-refractivity contribution >= 4 is 44.8 Å². The van der Waals surface area contributed by atoms with E-state index in [1.165, 1.54) is 29.0 Å². The summed E-state index contributed by atoms with van der Waals surface area (Å²) >= 11 is 12.1. The third kappa shape index (κ3) is 4.06. The topological polar surface area (TPSA) is 66.5 Å². The first-order valence-corrected chi connectivity index (χ1v) is 10.2. The minimum Gasteiger partial charge on any atom is -0.334 e. The molecular formula is C17H13Cl2F3N2O3S. The second kappa shape index (κ2) is 7.46. The lowest BCUT2D eigenvalue weighted by molar-refractivity contribution is -0.0429. The molecule has 0 spiro atoms. The Labute approximate surface area is 169 Å². The van der Waals surface area contributed by atoms with Crippen LogP contribution in [-0.4, -0.2) is 31.3 Å². The zero-order valence-corrected chi connectivity index (χ0v) is 16.4. The number of rotatable bonds is 4. The quantitative estimate of drug-likeness (QED) is 0.744. The van der Waals surface area contributed by atoms with Gasteiger partial charge in [0, 0.05) is 18.8 Å². The van der Waals surface area contributed by atoms with Crippen LogP contribution in [0.25, 0.3) is 0 Å². The molecular weight excluding hydrogens is 440 g/mol. The van der Waals surface area contributed by atoms with Gasteiger partial charge in [-0.1, -0.05) is 41.4 Å². The van der Waals surface area contributed by atoms with Crippen molar-refractivity contribution in [2.75, 3.05) is 11.3 Å². The van der Waals surface area contributed by atoms with E-state index in [2.05, 4.69) is 0 Å². The maximum Gasteiger partial charge on any atom is 0.516 e. The number of carbonyl (C=O) groups is 1. The molecule has 1 heterocycles. The van der Waals surface area contributed by atoms with E-state index in [4.69, 9.17) is 23.2 Å². The Balaban J connectivity index is 1.75. The van der Waals surface area contributed by atoms with E-state index in [1.54, 1.807) is 17.0 Å². The third-order valence-electron chi connectivity index (χ3n) is 4.22. The Kier molecular flexibility index (Phi) is 5.53. The lowest BCUT2D eigenvalue weighted by Crippen LogP contribution is -2.37. The molecule has 1 aliphatic heterocycles. The summed E-state index contributed by atoms with van der Waals surface area (Å²) in [5.74, 6) is -0.296. The largest absolute Gasteiger partial charge is 0.516 e. The highest BCUT2D eigenvalue weighted by Crippen LogP contribution is 2.33. The molecule has 0 aliphatic carbocycles. The van der Waals surface area contributed by atoms with Crippen molar-refractivity contribution in [1.82, 2.24) is 4.90 Å². The van der Waals surface area contributed by atoms with Crippen LogP contribution in [0.5, 0.6) is 0 Å². The molecule has 1 amide bonds. The van der Waals surface area contributed by atoms with Gasteiger partial charge in [0.1, 0.15) is 0 Å². The van der Waals surface area contributed by atoms with Crippen molar-refractivity contribution in [2.24, 2.45) is 0 Å². The van der Waals surface area contributed by atoms with E-state index < -0.39 is 15.5 Å². The molecule has 1 aliphatic rings. The first kappa shape index (κ1) is 20.8. The van der Waals surface area contributed by atoms with Crippen molar-refractivity contribution < 1.29 is 26.4 Å². The van der Waals surface area contributed by atoms with Crippen LogP contribution in [0.4, 0.5) is 18.9 Å². The minimum atomic E-state index is -5.48. The molecule has 0 aromatic heterocycles. The molecule has 150 valence electrons. The van der Waals surface area contributed by atoms with Gasteiger partial charge in [0.25, 0.3) is 5.91 Å². The smallest absolute Gasteiger partial charge is 0.334 e. The lowest BCUT2D eigenvalue weighted by atomic mass is 9.98. The first-order chi connectivity index (χ1) is 13.0. The Bertz CT molecular complexity index is 1030. The summed E-state index contributed by atoms with van der Waals surface area (Å²) in [6.07, 6.45) is 0.585. The molecule has 0 unspecified atom stereocenters. The lowest BCUT2D eigenvalue weighted by Gasteiger charge is -2.29. The molecule has 0 bridgehead atoms. The second-order valence-corrected chi connectivity index (χ2v) is 8.58. The molecule has 0 fully saturated rings. The molecule has 11 heteroatoms. The predicted molar refractivity (Wildman–Crippen MR) is 99.9 cm³/mol. The Morgan fingerprint density at radius 3 is 2.32 bits per heavy atom. The van der Waals surface area contributed by atoms with Crippen LogP contribution >= 0.6 is 23.2 Å². The van der Waals surface area contributed by atoms with Gasteiger partial charge >= 0.3 is 15.5 Å². The van der Waals surface area contributed by atoms with E-state index in [1.807, 2.05) is 0 Å². The molecule has 0 radical (unpaired) electrons. The van der Waals surface area contributed by atoms with Crippen molar-refractivity contribution in [3.8, 4) is 0 Å². The van der Waals surface area contributed by atoms with Crippen LogP contribution in [0.2, 0.25) is 10.0 Å². The molecule has 2 aromatic carbocycles. The monoisotopic (exact) mass is 452 g/mol. The fourth-order valence-corrected chi connectivity index (χ4v) is 3.79. The number of nitrogens with zero attached hydrogens (tertiary/aromatic N) is 1. The number of benzene rings is 2. The number of anilines is 1. The Hall–Kier alpha value is -1.97. The minimum absolute atomic E-state index is 0.186. The zero-order valence-electron chi connectivity index (χ0n) is 14.1. The van der Waals surface area contributed by atoms with E-state index >= 15 is 0 Å². The van der Waals surface area contributed by atoms with Gasteiger partial charge in [-0.3, -0.25) is 9.52 Å². The Morgan fingerprint density at radius 2 is 1.71 bits per heavy atom. The number of hydrogen-bond donors (Lipinski definition) is 1. The first-order valence-electron chi connectivity index (χ1n) is 7.94. The maximum atomic E-state index is 12.7. The number of sulfonamides is 1. The van der Waals surface area contributed by atoms with Crippen molar-refractivity contribution in [3.63, 3.8) is 0 Å². The van der Waals surface area contributed by atoms with Crippen molar-refractivity contribution in [1.29, 1.82) is 0 Å². The predicted octanol–water partition coefficient (Wildman–Crippen LogP) is 4.45. The molecule has 0 saturated carbocycles. The van der Waals surface area contributed by atoms with Crippen molar-refractivity contribution in [3.05, 3.63) is 63.1 Å². The fourth-order valence-electron chi connectivity index (χ4n) is 2.81. The standard InChI is InChI=1S/C17H13Cl2F3N2O3S/c18-13-6-3-11-7-8-24(16(25)14(11)15(13)19)9-10-1-4-12(5-2-10)23-28(26,27)17(20,21)22/h1-6,23H,7-9H2. The van der Waals surface area contributed by atoms with Crippen LogP contribution in [-0.2, 0) is 23.0 Å². The molecule has 0 atom stereocenters. The number of alkyl halides is 3. The molecule has 1 N–H and O–H groups in total. The van der Waals surface area contributed by atoms with Gasteiger partial charge in [-0.05, 0) is 35.7 Å². The van der Waals surface area contributed by atoms with Crippen LogP contribution < -0.4 is 4.72 Å². The highest BCUT2D eigenvalue weighted by atomic mass is 35.5. The zero-order chi connectivity index (χ0) is 20.7. The summed E-state index contributed by atoms with van der Waals surface area (Å²) in [5.41, 5.74) is -3.88. The summed E-state index contributed by atoms with van der Waals surface area (Å²) < 4.78 is 61.0. The molecule has 28 heavy (non-hydrogen) atoms. The highest BCUT2D eigenvalue weighted by molar-refractivity contribution is 7.93. The number of nitrogens with one attached hydrogen (secondary N) is 1. The van der Waals surface area contributed by atoms with Crippen LogP contribution in [0.1, 0.15) is 21.5 Å². The normalized spacial score (nSPS) is 14.8. The van der Waals surface area contributed by atoms with E-state index in [0.717, 1.165) is 5.56 Å². The van der Waals surface area contributed by atoms with Crippen molar-refractivity contribution in [2.45, 2.75) is 18.5 Å². The fraction of sp³-hybridized carbons (Fsp3) is 0.235. The summed E-state index contributed by atoms with van der Waals surface area (Å²) in [4.78, 5) is 14.3. The number of halogens is 5. The van der Waals surface area contributed by atoms with Crippen LogP contribution in [0.15, 0.2) is 36.4 Å². The van der Waals surface area contributed by atoms with E-state index in [0.29, 0.717) is 24.1 Å². The van der Waals surface area contributed by atoms with Gasteiger partial charge < -0.3 is 4.90 Å². The highest BCUT2D eigenvalue weighted by Gasteiger charge is 2.46. The summed E-state index contributed by atoms with van der Waals surface area (Å²) in [7, 11) is -5.48. The van der Waals surface area contributed by atoms with E-state index in [-0.39, 0.29) is 28.2 Å². The number of hydrogen-bond acceptors (Lipinski definition) is 3. The maximum absolute atomic E-state index is 12.7. The summed E-state index contributed by atoms with van der Waals surface area (Å²) in [5, 5.41) is 0.461. The molecule has 0 saturated heterocycles. The van der Waals surface area contributed by atoms with Gasteiger partial charge in [0.15, 0.2) is 0 Å². The van der Waals surface area contributed by atoms with Gasteiger partial charge in [0.05, 0.1) is 15.6 Å². The number of carbonyl (C=O) groups excluding carboxylic acids is 1. The van der Waals surface area contributed by atoms with Gasteiger partial charge in [-0.15, -0.1) is 0 Å². The summed E-state index contributed by atoms with van der Waals surface area (Å²) in [6.45, 7) is 0.625.